The molecule has 0 bridgehead atoms. The normalized spacial score (nSPS) is 10.2. The highest BCUT2D eigenvalue weighted by Gasteiger charge is 2.20. The lowest BCUT2D eigenvalue weighted by atomic mass is 9.98. The number of amides is 1. The predicted octanol–water partition coefficient (Wildman–Crippen LogP) is 3.48. The summed E-state index contributed by atoms with van der Waals surface area (Å²) in [6.45, 7) is 0. The molecule has 0 aliphatic carbocycles. The highest BCUT2D eigenvalue weighted by molar-refractivity contribution is 5.97. The lowest BCUT2D eigenvalue weighted by Gasteiger charge is -2.20. The number of carbonyl (C=O) groups is 1. The molecule has 0 atom stereocenters. The van der Waals surface area contributed by atoms with Gasteiger partial charge in [-0.1, -0.05) is 60.7 Å². The molecule has 1 aromatic heterocycles. The standard InChI is InChI=1S/C21H17N3O2/c1-26-19-12-17(13-22)23-14-18(19)21(25)24-20(15-8-4-2-5-9-15)16-10-6-3-7-11-16/h2-12,14,20H,1H3,(H,24,25). The first-order valence-corrected chi connectivity index (χ1v) is 8.08. The van der Waals surface area contributed by atoms with Crippen molar-refractivity contribution in [1.29, 1.82) is 5.26 Å². The van der Waals surface area contributed by atoms with Crippen molar-refractivity contribution in [3.05, 3.63) is 95.3 Å². The molecule has 1 heterocycles. The van der Waals surface area contributed by atoms with Gasteiger partial charge < -0.3 is 10.1 Å². The number of rotatable bonds is 5. The van der Waals surface area contributed by atoms with Crippen LogP contribution in [-0.2, 0) is 0 Å². The van der Waals surface area contributed by atoms with E-state index in [2.05, 4.69) is 10.3 Å². The summed E-state index contributed by atoms with van der Waals surface area (Å²) in [7, 11) is 1.46. The van der Waals surface area contributed by atoms with E-state index in [1.807, 2.05) is 66.7 Å². The molecule has 3 aromatic rings. The summed E-state index contributed by atoms with van der Waals surface area (Å²) >= 11 is 0. The van der Waals surface area contributed by atoms with Crippen LogP contribution in [0.1, 0.15) is 33.2 Å². The van der Waals surface area contributed by atoms with Crippen molar-refractivity contribution in [2.24, 2.45) is 0 Å². The third kappa shape index (κ3) is 3.70. The molecule has 3 rings (SSSR count). The van der Waals surface area contributed by atoms with Crippen molar-refractivity contribution in [3.63, 3.8) is 0 Å². The second kappa shape index (κ2) is 7.95. The van der Waals surface area contributed by atoms with E-state index in [9.17, 15) is 4.79 Å². The lowest BCUT2D eigenvalue weighted by molar-refractivity contribution is 0.0939. The first-order valence-electron chi connectivity index (χ1n) is 8.08. The summed E-state index contributed by atoms with van der Waals surface area (Å²) in [5.74, 6) is -0.00882. The lowest BCUT2D eigenvalue weighted by Crippen LogP contribution is -2.29. The maximum atomic E-state index is 12.9. The van der Waals surface area contributed by atoms with Gasteiger partial charge in [-0.05, 0) is 11.1 Å². The molecule has 1 N–H and O–H groups in total. The number of benzene rings is 2. The summed E-state index contributed by atoms with van der Waals surface area (Å²) in [5, 5.41) is 12.0. The van der Waals surface area contributed by atoms with Crippen molar-refractivity contribution in [3.8, 4) is 11.8 Å². The van der Waals surface area contributed by atoms with E-state index >= 15 is 0 Å². The highest BCUT2D eigenvalue weighted by Crippen LogP contribution is 2.24. The Balaban J connectivity index is 1.95. The van der Waals surface area contributed by atoms with Crippen LogP contribution >= 0.6 is 0 Å². The molecule has 0 saturated heterocycles. The number of aromatic nitrogens is 1. The maximum absolute atomic E-state index is 12.9. The summed E-state index contributed by atoms with van der Waals surface area (Å²) < 4.78 is 5.25. The number of nitriles is 1. The molecule has 0 unspecified atom stereocenters. The largest absolute Gasteiger partial charge is 0.496 e. The van der Waals surface area contributed by atoms with Crippen molar-refractivity contribution in [1.82, 2.24) is 10.3 Å². The van der Waals surface area contributed by atoms with Gasteiger partial charge in [-0.3, -0.25) is 4.79 Å². The molecule has 0 saturated carbocycles. The average molecular weight is 343 g/mol. The number of methoxy groups -OCH3 is 1. The number of pyridine rings is 1. The van der Waals surface area contributed by atoms with Gasteiger partial charge in [0.05, 0.1) is 18.7 Å². The summed E-state index contributed by atoms with van der Waals surface area (Å²) in [6.07, 6.45) is 1.36. The Labute approximate surface area is 151 Å². The SMILES string of the molecule is COc1cc(C#N)ncc1C(=O)NC(c1ccccc1)c1ccccc1. The van der Waals surface area contributed by atoms with E-state index in [-0.39, 0.29) is 23.2 Å². The van der Waals surface area contributed by atoms with Gasteiger partial charge in [0.1, 0.15) is 17.5 Å². The van der Waals surface area contributed by atoms with Gasteiger partial charge in [-0.2, -0.15) is 5.26 Å². The van der Waals surface area contributed by atoms with Gasteiger partial charge in [0.2, 0.25) is 0 Å². The first kappa shape index (κ1) is 17.2. The fraction of sp³-hybridized carbons (Fsp3) is 0.0952. The number of ether oxygens (including phenoxy) is 1. The monoisotopic (exact) mass is 343 g/mol. The molecule has 5 heteroatoms. The molecule has 2 aromatic carbocycles. The topological polar surface area (TPSA) is 75.0 Å². The maximum Gasteiger partial charge on any atom is 0.257 e. The molecular weight excluding hydrogens is 326 g/mol. The zero-order valence-electron chi connectivity index (χ0n) is 14.2. The minimum absolute atomic E-state index is 0.195. The van der Waals surface area contributed by atoms with E-state index in [0.717, 1.165) is 11.1 Å². The molecule has 26 heavy (non-hydrogen) atoms. The van der Waals surface area contributed by atoms with Crippen LogP contribution in [0.2, 0.25) is 0 Å². The first-order chi connectivity index (χ1) is 12.7. The molecule has 0 radical (unpaired) electrons. The van der Waals surface area contributed by atoms with Crippen LogP contribution in [0.15, 0.2) is 72.9 Å². The molecule has 5 nitrogen and oxygen atoms in total. The smallest absolute Gasteiger partial charge is 0.257 e. The molecule has 0 aliphatic heterocycles. The molecule has 0 fully saturated rings. The number of hydrogen-bond donors (Lipinski definition) is 1. The van der Waals surface area contributed by atoms with Crippen LogP contribution in [0.25, 0.3) is 0 Å². The summed E-state index contributed by atoms with van der Waals surface area (Å²) in [4.78, 5) is 16.8. The van der Waals surface area contributed by atoms with Gasteiger partial charge in [0.25, 0.3) is 5.91 Å². The number of carbonyl (C=O) groups excluding carboxylic acids is 1. The fourth-order valence-electron chi connectivity index (χ4n) is 2.70. The van der Waals surface area contributed by atoms with Crippen molar-refractivity contribution in [2.75, 3.05) is 7.11 Å². The number of nitrogens with one attached hydrogen (secondary N) is 1. The van der Waals surface area contributed by atoms with Crippen molar-refractivity contribution in [2.45, 2.75) is 6.04 Å². The van der Waals surface area contributed by atoms with Crippen LogP contribution < -0.4 is 10.1 Å². The van der Waals surface area contributed by atoms with Crippen LogP contribution in [0.4, 0.5) is 0 Å². The van der Waals surface area contributed by atoms with E-state index < -0.39 is 0 Å². The van der Waals surface area contributed by atoms with Crippen LogP contribution in [0, 0.1) is 11.3 Å². The van der Waals surface area contributed by atoms with Gasteiger partial charge in [0.15, 0.2) is 0 Å². The Morgan fingerprint density at radius 2 is 1.65 bits per heavy atom. The average Bonchev–Trinajstić information content (AvgIpc) is 2.72. The Kier molecular flexibility index (Phi) is 5.25. The zero-order valence-corrected chi connectivity index (χ0v) is 14.2. The second-order valence-electron chi connectivity index (χ2n) is 5.61. The van der Waals surface area contributed by atoms with Gasteiger partial charge >= 0.3 is 0 Å². The van der Waals surface area contributed by atoms with Crippen LogP contribution in [-0.4, -0.2) is 18.0 Å². The quantitative estimate of drug-likeness (QED) is 0.769. The Morgan fingerprint density at radius 1 is 1.08 bits per heavy atom. The Morgan fingerprint density at radius 3 is 2.15 bits per heavy atom. The predicted molar refractivity (Wildman–Crippen MR) is 97.7 cm³/mol. The van der Waals surface area contributed by atoms with E-state index in [1.54, 1.807) is 0 Å². The highest BCUT2D eigenvalue weighted by atomic mass is 16.5. The number of nitrogens with zero attached hydrogens (tertiary/aromatic N) is 2. The van der Waals surface area contributed by atoms with E-state index in [1.165, 1.54) is 19.4 Å². The Hall–Kier alpha value is -3.65. The minimum Gasteiger partial charge on any atom is -0.496 e. The second-order valence-corrected chi connectivity index (χ2v) is 5.61. The van der Waals surface area contributed by atoms with Crippen molar-refractivity contribution < 1.29 is 9.53 Å². The van der Waals surface area contributed by atoms with E-state index in [0.29, 0.717) is 5.75 Å². The van der Waals surface area contributed by atoms with Gasteiger partial charge in [0, 0.05) is 12.3 Å². The minimum atomic E-state index is -0.323. The van der Waals surface area contributed by atoms with Crippen molar-refractivity contribution >= 4 is 5.91 Å². The molecular formula is C21H17N3O2. The summed E-state index contributed by atoms with van der Waals surface area (Å²) in [6, 6.07) is 22.5. The number of hydrogen-bond acceptors (Lipinski definition) is 4. The molecule has 128 valence electrons. The molecule has 0 spiro atoms. The van der Waals surface area contributed by atoms with E-state index in [4.69, 9.17) is 10.00 Å². The Bertz CT molecular complexity index is 895. The molecule has 0 aliphatic rings. The van der Waals surface area contributed by atoms with Crippen LogP contribution in [0.5, 0.6) is 5.75 Å². The third-order valence-electron chi connectivity index (χ3n) is 3.99. The van der Waals surface area contributed by atoms with Crippen LogP contribution in [0.3, 0.4) is 0 Å². The van der Waals surface area contributed by atoms with Gasteiger partial charge in [-0.25, -0.2) is 4.98 Å². The van der Waals surface area contributed by atoms with Gasteiger partial charge in [-0.15, -0.1) is 0 Å². The zero-order chi connectivity index (χ0) is 18.4. The third-order valence-corrected chi connectivity index (χ3v) is 3.99. The fourth-order valence-corrected chi connectivity index (χ4v) is 2.70. The molecule has 1 amide bonds. The summed E-state index contributed by atoms with van der Waals surface area (Å²) in [5.41, 5.74) is 2.41.